The van der Waals surface area contributed by atoms with E-state index in [1.54, 1.807) is 0 Å². The van der Waals surface area contributed by atoms with Crippen molar-refractivity contribution in [1.29, 1.82) is 0 Å². The van der Waals surface area contributed by atoms with E-state index in [0.717, 1.165) is 12.3 Å². The molecule has 3 nitrogen and oxygen atoms in total. The lowest BCUT2D eigenvalue weighted by atomic mass is 10.0. The second-order valence-corrected chi connectivity index (χ2v) is 3.85. The summed E-state index contributed by atoms with van der Waals surface area (Å²) in [6, 6.07) is 0.844. The average Bonchev–Trinajstić information content (AvgIpc) is 2.45. The van der Waals surface area contributed by atoms with Crippen molar-refractivity contribution in [3.8, 4) is 11.1 Å². The molecule has 20 heavy (non-hydrogen) atoms. The second-order valence-electron chi connectivity index (χ2n) is 3.85. The molecule has 0 unspecified atom stereocenters. The summed E-state index contributed by atoms with van der Waals surface area (Å²) >= 11 is 0. The SMILES string of the molecule is O=c1[nH]cc(CO)cc1-c1c(F)c(F)c(F)c(F)c1F. The Kier molecular flexibility index (Phi) is 3.58. The fraction of sp³-hybridized carbons (Fsp3) is 0.0833. The van der Waals surface area contributed by atoms with Gasteiger partial charge in [0.2, 0.25) is 5.82 Å². The average molecular weight is 291 g/mol. The molecule has 0 aliphatic heterocycles. The van der Waals surface area contributed by atoms with E-state index < -0.39 is 52.4 Å². The minimum absolute atomic E-state index is 0.0449. The summed E-state index contributed by atoms with van der Waals surface area (Å²) in [5.74, 6) is -10.8. The lowest BCUT2D eigenvalue weighted by molar-refractivity contribution is 0.281. The maximum absolute atomic E-state index is 13.6. The molecule has 0 fully saturated rings. The number of pyridine rings is 1. The molecule has 0 bridgehead atoms. The predicted molar refractivity (Wildman–Crippen MR) is 58.2 cm³/mol. The molecule has 0 saturated heterocycles. The Bertz CT molecular complexity index is 712. The zero-order valence-corrected chi connectivity index (χ0v) is 9.61. The zero-order chi connectivity index (χ0) is 15.0. The van der Waals surface area contributed by atoms with Gasteiger partial charge in [-0.05, 0) is 11.6 Å². The first-order chi connectivity index (χ1) is 9.38. The highest BCUT2D eigenvalue weighted by molar-refractivity contribution is 5.65. The number of aromatic nitrogens is 1. The van der Waals surface area contributed by atoms with Crippen LogP contribution >= 0.6 is 0 Å². The third-order valence-electron chi connectivity index (χ3n) is 2.62. The van der Waals surface area contributed by atoms with Gasteiger partial charge >= 0.3 is 0 Å². The first-order valence-corrected chi connectivity index (χ1v) is 5.22. The fourth-order valence-electron chi connectivity index (χ4n) is 1.65. The molecular formula is C12H6F5NO2. The number of aliphatic hydroxyl groups excluding tert-OH is 1. The molecule has 1 aromatic carbocycles. The molecule has 2 aromatic rings. The first kappa shape index (κ1) is 14.2. The summed E-state index contributed by atoms with van der Waals surface area (Å²) in [5.41, 5.74) is -3.10. The van der Waals surface area contributed by atoms with Crippen molar-refractivity contribution < 1.29 is 27.1 Å². The van der Waals surface area contributed by atoms with Gasteiger partial charge in [0.25, 0.3) is 5.56 Å². The Hall–Kier alpha value is -2.22. The number of hydrogen-bond donors (Lipinski definition) is 2. The van der Waals surface area contributed by atoms with Gasteiger partial charge in [-0.15, -0.1) is 0 Å². The van der Waals surface area contributed by atoms with Crippen molar-refractivity contribution in [2.45, 2.75) is 6.61 Å². The number of aliphatic hydroxyl groups is 1. The molecule has 8 heteroatoms. The van der Waals surface area contributed by atoms with Gasteiger partial charge < -0.3 is 10.1 Å². The third kappa shape index (κ3) is 2.07. The van der Waals surface area contributed by atoms with Gasteiger partial charge in [-0.1, -0.05) is 0 Å². The van der Waals surface area contributed by atoms with Crippen molar-refractivity contribution in [1.82, 2.24) is 4.98 Å². The summed E-state index contributed by atoms with van der Waals surface area (Å²) in [5, 5.41) is 8.87. The van der Waals surface area contributed by atoms with E-state index in [9.17, 15) is 26.7 Å². The molecule has 2 N–H and O–H groups in total. The molecule has 0 radical (unpaired) electrons. The molecule has 0 aliphatic rings. The van der Waals surface area contributed by atoms with E-state index in [4.69, 9.17) is 5.11 Å². The number of H-pyrrole nitrogens is 1. The fourth-order valence-corrected chi connectivity index (χ4v) is 1.65. The van der Waals surface area contributed by atoms with Gasteiger partial charge in [0.1, 0.15) is 0 Å². The van der Waals surface area contributed by atoms with E-state index in [0.29, 0.717) is 0 Å². The van der Waals surface area contributed by atoms with E-state index in [-0.39, 0.29) is 5.56 Å². The van der Waals surface area contributed by atoms with Gasteiger partial charge in [0, 0.05) is 6.20 Å². The number of halogens is 5. The highest BCUT2D eigenvalue weighted by Crippen LogP contribution is 2.29. The third-order valence-corrected chi connectivity index (χ3v) is 2.62. The number of nitrogens with one attached hydrogen (secondary N) is 1. The van der Waals surface area contributed by atoms with Crippen molar-refractivity contribution in [3.05, 3.63) is 57.3 Å². The molecule has 0 saturated carbocycles. The smallest absolute Gasteiger partial charge is 0.256 e. The Balaban J connectivity index is 2.86. The van der Waals surface area contributed by atoms with Crippen LogP contribution in [0.1, 0.15) is 5.56 Å². The van der Waals surface area contributed by atoms with E-state index in [2.05, 4.69) is 0 Å². The van der Waals surface area contributed by atoms with Crippen LogP contribution in [0.4, 0.5) is 22.0 Å². The lowest BCUT2D eigenvalue weighted by Crippen LogP contribution is -2.13. The zero-order valence-electron chi connectivity index (χ0n) is 9.61. The summed E-state index contributed by atoms with van der Waals surface area (Å²) in [6.45, 7) is -0.584. The normalized spacial score (nSPS) is 10.9. The van der Waals surface area contributed by atoms with Crippen LogP contribution in [0.2, 0.25) is 0 Å². The molecule has 0 aliphatic carbocycles. The van der Waals surface area contributed by atoms with Gasteiger partial charge in [0.05, 0.1) is 17.7 Å². The van der Waals surface area contributed by atoms with Crippen LogP contribution in [0.15, 0.2) is 17.1 Å². The number of hydrogen-bond acceptors (Lipinski definition) is 2. The maximum atomic E-state index is 13.6. The molecule has 2 rings (SSSR count). The quantitative estimate of drug-likeness (QED) is 0.506. The van der Waals surface area contributed by atoms with Crippen LogP contribution in [0.25, 0.3) is 11.1 Å². The minimum atomic E-state index is -2.31. The van der Waals surface area contributed by atoms with Gasteiger partial charge in [-0.2, -0.15) is 0 Å². The van der Waals surface area contributed by atoms with E-state index >= 15 is 0 Å². The highest BCUT2D eigenvalue weighted by atomic mass is 19.2. The lowest BCUT2D eigenvalue weighted by Gasteiger charge is -2.08. The largest absolute Gasteiger partial charge is 0.392 e. The van der Waals surface area contributed by atoms with Crippen LogP contribution < -0.4 is 5.56 Å². The van der Waals surface area contributed by atoms with E-state index in [1.807, 2.05) is 4.98 Å². The monoisotopic (exact) mass is 291 g/mol. The number of benzene rings is 1. The van der Waals surface area contributed by atoms with Gasteiger partial charge in [-0.3, -0.25) is 4.79 Å². The summed E-state index contributed by atoms with van der Waals surface area (Å²) < 4.78 is 66.2. The van der Waals surface area contributed by atoms with Crippen molar-refractivity contribution in [2.24, 2.45) is 0 Å². The van der Waals surface area contributed by atoms with E-state index in [1.165, 1.54) is 0 Å². The van der Waals surface area contributed by atoms with Crippen molar-refractivity contribution in [2.75, 3.05) is 0 Å². The first-order valence-electron chi connectivity index (χ1n) is 5.22. The number of rotatable bonds is 2. The standard InChI is InChI=1S/C12H6F5NO2/c13-7-6(8(14)10(16)11(17)9(7)15)5-1-4(3-19)2-18-12(5)20/h1-2,19H,3H2,(H,18,20). The Labute approximate surface area is 108 Å². The minimum Gasteiger partial charge on any atom is -0.392 e. The molecule has 0 amide bonds. The maximum Gasteiger partial charge on any atom is 0.256 e. The summed E-state index contributed by atoms with van der Waals surface area (Å²) in [4.78, 5) is 13.5. The summed E-state index contributed by atoms with van der Waals surface area (Å²) in [6.07, 6.45) is 1.05. The van der Waals surface area contributed by atoms with Crippen LogP contribution in [-0.4, -0.2) is 10.1 Å². The van der Waals surface area contributed by atoms with Gasteiger partial charge in [-0.25, -0.2) is 22.0 Å². The summed E-state index contributed by atoms with van der Waals surface area (Å²) in [7, 11) is 0. The van der Waals surface area contributed by atoms with Crippen LogP contribution in [0.3, 0.4) is 0 Å². The molecule has 0 atom stereocenters. The highest BCUT2D eigenvalue weighted by Gasteiger charge is 2.27. The molecular weight excluding hydrogens is 285 g/mol. The van der Waals surface area contributed by atoms with Crippen LogP contribution in [-0.2, 0) is 6.61 Å². The Morgan fingerprint density at radius 1 is 0.950 bits per heavy atom. The topological polar surface area (TPSA) is 53.1 Å². The molecule has 0 spiro atoms. The Morgan fingerprint density at radius 3 is 1.95 bits per heavy atom. The van der Waals surface area contributed by atoms with Crippen LogP contribution in [0.5, 0.6) is 0 Å². The molecule has 106 valence electrons. The van der Waals surface area contributed by atoms with Crippen molar-refractivity contribution in [3.63, 3.8) is 0 Å². The van der Waals surface area contributed by atoms with Crippen LogP contribution in [0, 0.1) is 29.1 Å². The van der Waals surface area contributed by atoms with Crippen molar-refractivity contribution >= 4 is 0 Å². The molecule has 1 heterocycles. The Morgan fingerprint density at radius 2 is 1.45 bits per heavy atom. The van der Waals surface area contributed by atoms with Gasteiger partial charge in [0.15, 0.2) is 23.3 Å². The predicted octanol–water partition coefficient (Wildman–Crippen LogP) is 2.23. The second kappa shape index (κ2) is 5.04. The molecule has 1 aromatic heterocycles. The number of aromatic amines is 1.